The number of esters is 1. The van der Waals surface area contributed by atoms with Crippen LogP contribution in [0.3, 0.4) is 0 Å². The lowest BCUT2D eigenvalue weighted by atomic mass is 10.1. The van der Waals surface area contributed by atoms with E-state index in [-0.39, 0.29) is 12.6 Å². The zero-order valence-electron chi connectivity index (χ0n) is 12.3. The summed E-state index contributed by atoms with van der Waals surface area (Å²) >= 11 is 0. The smallest absolute Gasteiger partial charge is 0.328 e. The quantitative estimate of drug-likeness (QED) is 0.550. The first-order valence-electron chi connectivity index (χ1n) is 6.74. The van der Waals surface area contributed by atoms with Gasteiger partial charge in [0.15, 0.2) is 0 Å². The van der Waals surface area contributed by atoms with Crippen LogP contribution in [0.5, 0.6) is 5.75 Å². The monoisotopic (exact) mass is 281 g/mol. The molecule has 0 fully saturated rings. The highest BCUT2D eigenvalue weighted by molar-refractivity contribution is 5.80. The highest BCUT2D eigenvalue weighted by Gasteiger charge is 2.33. The SMILES string of the molecule is CCOC(=O)C(C)(COCCOc1ccccc1)NC. The molecule has 112 valence electrons. The van der Waals surface area contributed by atoms with Gasteiger partial charge in [-0.3, -0.25) is 0 Å². The van der Waals surface area contributed by atoms with Gasteiger partial charge >= 0.3 is 5.97 Å². The summed E-state index contributed by atoms with van der Waals surface area (Å²) in [5, 5.41) is 2.93. The van der Waals surface area contributed by atoms with E-state index in [0.717, 1.165) is 5.75 Å². The van der Waals surface area contributed by atoms with Crippen molar-refractivity contribution in [3.05, 3.63) is 30.3 Å². The molecule has 0 bridgehead atoms. The molecule has 5 heteroatoms. The van der Waals surface area contributed by atoms with E-state index in [1.165, 1.54) is 0 Å². The minimum absolute atomic E-state index is 0.237. The van der Waals surface area contributed by atoms with Crippen LogP contribution >= 0.6 is 0 Å². The number of hydrogen-bond acceptors (Lipinski definition) is 5. The highest BCUT2D eigenvalue weighted by atomic mass is 16.5. The molecule has 5 nitrogen and oxygen atoms in total. The van der Waals surface area contributed by atoms with Gasteiger partial charge in [0.25, 0.3) is 0 Å². The molecule has 0 spiro atoms. The Morgan fingerprint density at radius 2 is 1.95 bits per heavy atom. The minimum Gasteiger partial charge on any atom is -0.491 e. The molecule has 0 aliphatic heterocycles. The van der Waals surface area contributed by atoms with Crippen molar-refractivity contribution >= 4 is 5.97 Å². The molecular formula is C15H23NO4. The van der Waals surface area contributed by atoms with Gasteiger partial charge in [-0.25, -0.2) is 4.79 Å². The average Bonchev–Trinajstić information content (AvgIpc) is 2.48. The number of hydrogen-bond donors (Lipinski definition) is 1. The van der Waals surface area contributed by atoms with E-state index in [1.54, 1.807) is 20.9 Å². The molecule has 0 aliphatic carbocycles. The van der Waals surface area contributed by atoms with Gasteiger partial charge in [0, 0.05) is 0 Å². The fourth-order valence-electron chi connectivity index (χ4n) is 1.53. The summed E-state index contributed by atoms with van der Waals surface area (Å²) in [5.41, 5.74) is -0.831. The summed E-state index contributed by atoms with van der Waals surface area (Å²) in [6.45, 7) is 4.97. The summed E-state index contributed by atoms with van der Waals surface area (Å²) in [6.07, 6.45) is 0. The number of benzene rings is 1. The molecule has 0 saturated heterocycles. The highest BCUT2D eigenvalue weighted by Crippen LogP contribution is 2.09. The van der Waals surface area contributed by atoms with Crippen LogP contribution in [0.15, 0.2) is 30.3 Å². The van der Waals surface area contributed by atoms with Crippen LogP contribution in [-0.4, -0.2) is 45.0 Å². The van der Waals surface area contributed by atoms with Crippen LogP contribution in [0.4, 0.5) is 0 Å². The Kier molecular flexibility index (Phi) is 7.04. The number of para-hydroxylation sites is 1. The first kappa shape index (κ1) is 16.5. The fraction of sp³-hybridized carbons (Fsp3) is 0.533. The van der Waals surface area contributed by atoms with Gasteiger partial charge in [-0.2, -0.15) is 0 Å². The lowest BCUT2D eigenvalue weighted by molar-refractivity contribution is -0.153. The molecule has 0 saturated carbocycles. The van der Waals surface area contributed by atoms with Crippen molar-refractivity contribution in [3.8, 4) is 5.75 Å². The van der Waals surface area contributed by atoms with Gasteiger partial charge in [-0.1, -0.05) is 18.2 Å². The van der Waals surface area contributed by atoms with Crippen LogP contribution < -0.4 is 10.1 Å². The first-order valence-corrected chi connectivity index (χ1v) is 6.74. The molecule has 1 aromatic carbocycles. The average molecular weight is 281 g/mol. The third-order valence-corrected chi connectivity index (χ3v) is 2.91. The largest absolute Gasteiger partial charge is 0.491 e. The lowest BCUT2D eigenvalue weighted by Gasteiger charge is -2.26. The minimum atomic E-state index is -0.831. The zero-order chi connectivity index (χ0) is 14.8. The van der Waals surface area contributed by atoms with Crippen molar-refractivity contribution in [2.45, 2.75) is 19.4 Å². The Morgan fingerprint density at radius 3 is 2.55 bits per heavy atom. The number of rotatable bonds is 9. The second-order valence-corrected chi connectivity index (χ2v) is 4.52. The number of carbonyl (C=O) groups is 1. The predicted molar refractivity (Wildman–Crippen MR) is 76.9 cm³/mol. The van der Waals surface area contributed by atoms with Gasteiger partial charge in [0.05, 0.1) is 19.8 Å². The van der Waals surface area contributed by atoms with Crippen molar-refractivity contribution in [2.75, 3.05) is 33.5 Å². The van der Waals surface area contributed by atoms with Gasteiger partial charge in [0.1, 0.15) is 17.9 Å². The Hall–Kier alpha value is -1.59. The summed E-state index contributed by atoms with van der Waals surface area (Å²) < 4.78 is 16.0. The van der Waals surface area contributed by atoms with Crippen molar-refractivity contribution in [3.63, 3.8) is 0 Å². The van der Waals surface area contributed by atoms with Gasteiger partial charge < -0.3 is 19.5 Å². The van der Waals surface area contributed by atoms with E-state index in [9.17, 15) is 4.79 Å². The molecule has 0 amide bonds. The van der Waals surface area contributed by atoms with Crippen LogP contribution in [0.1, 0.15) is 13.8 Å². The summed E-state index contributed by atoms with van der Waals surface area (Å²) in [7, 11) is 1.71. The molecule has 20 heavy (non-hydrogen) atoms. The van der Waals surface area contributed by atoms with E-state index in [4.69, 9.17) is 14.2 Å². The van der Waals surface area contributed by atoms with Gasteiger partial charge in [0.2, 0.25) is 0 Å². The second-order valence-electron chi connectivity index (χ2n) is 4.52. The molecule has 1 unspecified atom stereocenters. The van der Waals surface area contributed by atoms with Crippen LogP contribution in [-0.2, 0) is 14.3 Å². The van der Waals surface area contributed by atoms with Crippen molar-refractivity contribution < 1.29 is 19.0 Å². The molecule has 1 N–H and O–H groups in total. The standard InChI is InChI=1S/C15H23NO4/c1-4-19-14(17)15(2,16-3)12-18-10-11-20-13-8-6-5-7-9-13/h5-9,16H,4,10-12H2,1-3H3. The molecule has 0 heterocycles. The summed E-state index contributed by atoms with van der Waals surface area (Å²) in [5.74, 6) is 0.490. The number of likely N-dealkylation sites (N-methyl/N-ethyl adjacent to an activating group) is 1. The van der Waals surface area contributed by atoms with E-state index in [1.807, 2.05) is 30.3 Å². The van der Waals surface area contributed by atoms with Crippen molar-refractivity contribution in [1.82, 2.24) is 5.32 Å². The third kappa shape index (κ3) is 5.19. The predicted octanol–water partition coefficient (Wildman–Crippen LogP) is 1.62. The molecule has 0 radical (unpaired) electrons. The van der Waals surface area contributed by atoms with Crippen molar-refractivity contribution in [2.24, 2.45) is 0 Å². The van der Waals surface area contributed by atoms with Gasteiger partial charge in [-0.05, 0) is 33.0 Å². The Labute approximate surface area is 120 Å². The normalized spacial score (nSPS) is 13.6. The third-order valence-electron chi connectivity index (χ3n) is 2.91. The molecule has 0 aromatic heterocycles. The number of carbonyl (C=O) groups excluding carboxylic acids is 1. The maximum absolute atomic E-state index is 11.8. The maximum atomic E-state index is 11.8. The lowest BCUT2D eigenvalue weighted by Crippen LogP contribution is -2.52. The molecular weight excluding hydrogens is 258 g/mol. The summed E-state index contributed by atoms with van der Waals surface area (Å²) in [4.78, 5) is 11.8. The zero-order valence-corrected chi connectivity index (χ0v) is 12.3. The fourth-order valence-corrected chi connectivity index (χ4v) is 1.53. The van der Waals surface area contributed by atoms with E-state index >= 15 is 0 Å². The first-order chi connectivity index (χ1) is 9.62. The maximum Gasteiger partial charge on any atom is 0.328 e. The van der Waals surface area contributed by atoms with Crippen molar-refractivity contribution in [1.29, 1.82) is 0 Å². The molecule has 1 atom stereocenters. The van der Waals surface area contributed by atoms with Crippen LogP contribution in [0.25, 0.3) is 0 Å². The van der Waals surface area contributed by atoms with E-state index in [2.05, 4.69) is 5.32 Å². The molecule has 1 aromatic rings. The molecule has 0 aliphatic rings. The second kappa shape index (κ2) is 8.55. The van der Waals surface area contributed by atoms with E-state index < -0.39 is 5.54 Å². The van der Waals surface area contributed by atoms with Gasteiger partial charge in [-0.15, -0.1) is 0 Å². The Bertz CT molecular complexity index is 396. The summed E-state index contributed by atoms with van der Waals surface area (Å²) in [6, 6.07) is 9.53. The Morgan fingerprint density at radius 1 is 1.25 bits per heavy atom. The molecule has 1 rings (SSSR count). The number of ether oxygens (including phenoxy) is 3. The Balaban J connectivity index is 2.26. The number of nitrogens with one attached hydrogen (secondary N) is 1. The van der Waals surface area contributed by atoms with Crippen LogP contribution in [0, 0.1) is 0 Å². The topological polar surface area (TPSA) is 56.8 Å². The van der Waals surface area contributed by atoms with Crippen LogP contribution in [0.2, 0.25) is 0 Å². The van der Waals surface area contributed by atoms with E-state index in [0.29, 0.717) is 19.8 Å².